The number of carboxylic acid groups (broad SMARTS) is 1. The van der Waals surface area contributed by atoms with Crippen LogP contribution in [0.5, 0.6) is 0 Å². The van der Waals surface area contributed by atoms with E-state index in [1.807, 2.05) is 0 Å². The number of aromatic nitrogens is 2. The zero-order chi connectivity index (χ0) is 8.27. The van der Waals surface area contributed by atoms with E-state index in [0.29, 0.717) is 6.29 Å². The van der Waals surface area contributed by atoms with Crippen molar-refractivity contribution >= 4 is 18.4 Å². The maximum Gasteiger partial charge on any atom is 0.412 e. The summed E-state index contributed by atoms with van der Waals surface area (Å²) < 4.78 is 4.46. The summed E-state index contributed by atoms with van der Waals surface area (Å²) in [5.41, 5.74) is 0. The maximum atomic E-state index is 9.94. The van der Waals surface area contributed by atoms with E-state index in [-0.39, 0.29) is 11.9 Å². The van der Waals surface area contributed by atoms with Crippen LogP contribution in [-0.2, 0) is 0 Å². The van der Waals surface area contributed by atoms with Crippen LogP contribution >= 0.6 is 0 Å². The molecule has 0 saturated heterocycles. The van der Waals surface area contributed by atoms with Crippen LogP contribution in [0.15, 0.2) is 4.42 Å². The lowest BCUT2D eigenvalue weighted by Crippen LogP contribution is -2.07. The van der Waals surface area contributed by atoms with Crippen molar-refractivity contribution in [3.63, 3.8) is 0 Å². The minimum atomic E-state index is -1.33. The molecule has 0 aliphatic carbocycles. The number of anilines is 1. The molecule has 1 rings (SSSR count). The average Bonchev–Trinajstić information content (AvgIpc) is 2.34. The second-order valence-electron chi connectivity index (χ2n) is 1.49. The average molecular weight is 157 g/mol. The summed E-state index contributed by atoms with van der Waals surface area (Å²) in [5, 5.41) is 16.3. The van der Waals surface area contributed by atoms with Crippen LogP contribution in [0, 0.1) is 0 Å². The molecule has 0 radical (unpaired) electrons. The Hall–Kier alpha value is -1.92. The van der Waals surface area contributed by atoms with Gasteiger partial charge in [0.15, 0.2) is 0 Å². The molecule has 58 valence electrons. The molecular weight excluding hydrogens is 154 g/mol. The van der Waals surface area contributed by atoms with Gasteiger partial charge in [-0.15, -0.1) is 5.10 Å². The van der Waals surface area contributed by atoms with Crippen molar-refractivity contribution in [3.8, 4) is 0 Å². The summed E-state index contributed by atoms with van der Waals surface area (Å²) in [6, 6.07) is -0.320. The van der Waals surface area contributed by atoms with Gasteiger partial charge in [0.25, 0.3) is 5.89 Å². The second-order valence-corrected chi connectivity index (χ2v) is 1.49. The molecule has 0 aliphatic heterocycles. The van der Waals surface area contributed by atoms with Gasteiger partial charge in [-0.2, -0.15) is 0 Å². The smallest absolute Gasteiger partial charge is 0.412 e. The van der Waals surface area contributed by atoms with E-state index < -0.39 is 6.09 Å². The normalized spacial score (nSPS) is 9.09. The Morgan fingerprint density at radius 1 is 1.64 bits per heavy atom. The molecule has 11 heavy (non-hydrogen) atoms. The molecule has 0 aliphatic rings. The van der Waals surface area contributed by atoms with Gasteiger partial charge in [0, 0.05) is 0 Å². The predicted molar refractivity (Wildman–Crippen MR) is 31.3 cm³/mol. The lowest BCUT2D eigenvalue weighted by molar-refractivity contribution is 0.109. The fourth-order valence-corrected chi connectivity index (χ4v) is 0.424. The molecule has 1 aromatic rings. The maximum absolute atomic E-state index is 9.94. The minimum Gasteiger partial charge on any atom is -0.465 e. The van der Waals surface area contributed by atoms with E-state index in [1.54, 1.807) is 5.32 Å². The van der Waals surface area contributed by atoms with Crippen LogP contribution in [0.25, 0.3) is 0 Å². The van der Waals surface area contributed by atoms with Crippen LogP contribution in [0.2, 0.25) is 0 Å². The molecule has 0 aromatic carbocycles. The fraction of sp³-hybridized carbons (Fsp3) is 0. The molecular formula is C4H3N3O4. The van der Waals surface area contributed by atoms with Crippen molar-refractivity contribution in [2.45, 2.75) is 0 Å². The Morgan fingerprint density at radius 3 is 2.82 bits per heavy atom. The van der Waals surface area contributed by atoms with Gasteiger partial charge in [-0.05, 0) is 0 Å². The third-order valence-corrected chi connectivity index (χ3v) is 0.755. The number of nitrogens with one attached hydrogen (secondary N) is 1. The van der Waals surface area contributed by atoms with E-state index >= 15 is 0 Å². The van der Waals surface area contributed by atoms with Gasteiger partial charge >= 0.3 is 12.1 Å². The molecule has 7 nitrogen and oxygen atoms in total. The van der Waals surface area contributed by atoms with Gasteiger partial charge in [-0.3, -0.25) is 4.79 Å². The van der Waals surface area contributed by atoms with Crippen molar-refractivity contribution in [2.75, 3.05) is 5.32 Å². The Balaban J connectivity index is 2.72. The number of carbonyl (C=O) groups excluding carboxylic acids is 1. The van der Waals surface area contributed by atoms with Gasteiger partial charge in [0.1, 0.15) is 0 Å². The Morgan fingerprint density at radius 2 is 2.36 bits per heavy atom. The van der Waals surface area contributed by atoms with Crippen molar-refractivity contribution in [1.82, 2.24) is 10.2 Å². The molecule has 0 saturated carbocycles. The molecule has 0 atom stereocenters. The summed E-state index contributed by atoms with van der Waals surface area (Å²) in [6.07, 6.45) is -1.01. The van der Waals surface area contributed by atoms with Crippen LogP contribution in [0.3, 0.4) is 0 Å². The van der Waals surface area contributed by atoms with Gasteiger partial charge < -0.3 is 9.52 Å². The van der Waals surface area contributed by atoms with E-state index in [0.717, 1.165) is 0 Å². The largest absolute Gasteiger partial charge is 0.465 e. The van der Waals surface area contributed by atoms with Gasteiger partial charge in [-0.1, -0.05) is 5.10 Å². The molecule has 1 amide bonds. The first-order chi connectivity index (χ1) is 5.22. The lowest BCUT2D eigenvalue weighted by atomic mass is 10.8. The Kier molecular flexibility index (Phi) is 1.81. The van der Waals surface area contributed by atoms with Crippen molar-refractivity contribution in [2.24, 2.45) is 0 Å². The number of nitrogens with zero attached hydrogens (tertiary/aromatic N) is 2. The number of amides is 1. The number of carbonyl (C=O) groups is 2. The summed E-state index contributed by atoms with van der Waals surface area (Å²) >= 11 is 0. The third kappa shape index (κ3) is 1.75. The van der Waals surface area contributed by atoms with Gasteiger partial charge in [0.05, 0.1) is 0 Å². The van der Waals surface area contributed by atoms with E-state index in [9.17, 15) is 9.59 Å². The summed E-state index contributed by atoms with van der Waals surface area (Å²) in [5.74, 6) is -0.270. The number of aldehydes is 1. The SMILES string of the molecule is O=Cc1nnc(NC(=O)O)o1. The van der Waals surface area contributed by atoms with Crippen LogP contribution in [0.1, 0.15) is 10.7 Å². The fourth-order valence-electron chi connectivity index (χ4n) is 0.424. The summed E-state index contributed by atoms with van der Waals surface area (Å²) in [7, 11) is 0. The molecule has 0 spiro atoms. The molecule has 7 heteroatoms. The van der Waals surface area contributed by atoms with Gasteiger partial charge in [0.2, 0.25) is 6.29 Å². The predicted octanol–water partition coefficient (Wildman–Crippen LogP) is -0.0280. The van der Waals surface area contributed by atoms with Crippen molar-refractivity contribution in [1.29, 1.82) is 0 Å². The zero-order valence-corrected chi connectivity index (χ0v) is 5.14. The quantitative estimate of drug-likeness (QED) is 0.584. The first-order valence-electron chi connectivity index (χ1n) is 2.51. The highest BCUT2D eigenvalue weighted by atomic mass is 16.4. The van der Waals surface area contributed by atoms with Crippen LogP contribution < -0.4 is 5.32 Å². The molecule has 0 unspecified atom stereocenters. The summed E-state index contributed by atoms with van der Waals surface area (Å²) in [4.78, 5) is 19.9. The first kappa shape index (κ1) is 7.19. The molecule has 0 bridgehead atoms. The molecule has 2 N–H and O–H groups in total. The number of hydrogen-bond donors (Lipinski definition) is 2. The topological polar surface area (TPSA) is 105 Å². The second kappa shape index (κ2) is 2.78. The standard InChI is InChI=1S/C4H3N3O4/c8-1-2-6-7-3(11-2)5-4(9)10/h1H,(H,5,7)(H,9,10). The zero-order valence-electron chi connectivity index (χ0n) is 5.14. The van der Waals surface area contributed by atoms with Gasteiger partial charge in [-0.25, -0.2) is 10.1 Å². The monoisotopic (exact) mass is 157 g/mol. The minimum absolute atomic E-state index is 0.270. The number of hydrogen-bond acceptors (Lipinski definition) is 5. The van der Waals surface area contributed by atoms with Crippen LogP contribution in [-0.4, -0.2) is 27.7 Å². The highest BCUT2D eigenvalue weighted by Gasteiger charge is 2.06. The van der Waals surface area contributed by atoms with E-state index in [1.165, 1.54) is 0 Å². The highest BCUT2D eigenvalue weighted by Crippen LogP contribution is 2.01. The molecule has 0 fully saturated rings. The van der Waals surface area contributed by atoms with E-state index in [2.05, 4.69) is 14.6 Å². The molecule has 1 heterocycles. The van der Waals surface area contributed by atoms with Crippen LogP contribution in [0.4, 0.5) is 10.8 Å². The third-order valence-electron chi connectivity index (χ3n) is 0.755. The summed E-state index contributed by atoms with van der Waals surface area (Å²) in [6.45, 7) is 0. The highest BCUT2D eigenvalue weighted by molar-refractivity contribution is 5.79. The Bertz CT molecular complexity index is 281. The Labute approximate surface area is 60.0 Å². The van der Waals surface area contributed by atoms with Crippen molar-refractivity contribution < 1.29 is 19.1 Å². The lowest BCUT2D eigenvalue weighted by Gasteiger charge is -1.87. The van der Waals surface area contributed by atoms with E-state index in [4.69, 9.17) is 5.11 Å². The number of rotatable bonds is 2. The molecule has 1 aromatic heterocycles. The first-order valence-corrected chi connectivity index (χ1v) is 2.51. The van der Waals surface area contributed by atoms with Crippen molar-refractivity contribution in [3.05, 3.63) is 5.89 Å².